The highest BCUT2D eigenvalue weighted by Crippen LogP contribution is 2.37. The summed E-state index contributed by atoms with van der Waals surface area (Å²) in [6.07, 6.45) is 0.308. The van der Waals surface area contributed by atoms with Crippen molar-refractivity contribution in [3.63, 3.8) is 0 Å². The molecule has 1 aliphatic rings. The monoisotopic (exact) mass is 608 g/mol. The zero-order chi connectivity index (χ0) is 31.7. The number of esters is 1. The lowest BCUT2D eigenvalue weighted by Gasteiger charge is -2.39. The van der Waals surface area contributed by atoms with E-state index >= 15 is 0 Å². The zero-order valence-electron chi connectivity index (χ0n) is 25.9. The van der Waals surface area contributed by atoms with Gasteiger partial charge in [0, 0.05) is 36.7 Å². The van der Waals surface area contributed by atoms with Crippen molar-refractivity contribution >= 4 is 11.9 Å². The first kappa shape index (κ1) is 33.2. The number of carbonyl (C=O) groups is 2. The van der Waals surface area contributed by atoms with Gasteiger partial charge in [0.2, 0.25) is 0 Å². The van der Waals surface area contributed by atoms with Crippen LogP contribution in [-0.2, 0) is 21.1 Å². The van der Waals surface area contributed by atoms with Gasteiger partial charge < -0.3 is 14.5 Å². The van der Waals surface area contributed by atoms with Crippen molar-refractivity contribution in [1.29, 1.82) is 0 Å². The van der Waals surface area contributed by atoms with Gasteiger partial charge >= 0.3 is 12.1 Å². The third-order valence-corrected chi connectivity index (χ3v) is 9.18. The van der Waals surface area contributed by atoms with Crippen LogP contribution in [0, 0.1) is 0 Å². The Morgan fingerprint density at radius 1 is 0.886 bits per heavy atom. The maximum atomic E-state index is 13.8. The predicted octanol–water partition coefficient (Wildman–Crippen LogP) is 7.99. The van der Waals surface area contributed by atoms with Gasteiger partial charge in [-0.25, -0.2) is 0 Å². The van der Waals surface area contributed by atoms with Crippen molar-refractivity contribution in [2.75, 3.05) is 33.3 Å². The van der Waals surface area contributed by atoms with Crippen LogP contribution >= 0.6 is 0 Å². The standard InChI is InChI=1S/C36H43F3N2O3/c1-4-35(26-33(42)44-3,28-12-7-6-8-13-28)22-11-23-40-24-20-30(21-25-40)41(5-2)34(43)32-15-10-9-14-31(32)27-16-18-29(19-17-27)36(37,38)39/h6-10,12-19,30H,4-5,11,20-26H2,1-3H3. The van der Waals surface area contributed by atoms with E-state index in [9.17, 15) is 22.8 Å². The summed E-state index contributed by atoms with van der Waals surface area (Å²) < 4.78 is 44.3. The van der Waals surface area contributed by atoms with Crippen molar-refractivity contribution in [3.05, 3.63) is 95.6 Å². The lowest BCUT2D eigenvalue weighted by atomic mass is 9.72. The van der Waals surface area contributed by atoms with Gasteiger partial charge in [0.25, 0.3) is 5.91 Å². The normalized spacial score (nSPS) is 15.9. The van der Waals surface area contributed by atoms with Crippen LogP contribution in [0.25, 0.3) is 11.1 Å². The number of nitrogens with zero attached hydrogens (tertiary/aromatic N) is 2. The molecule has 0 aliphatic carbocycles. The molecule has 8 heteroatoms. The summed E-state index contributed by atoms with van der Waals surface area (Å²) >= 11 is 0. The van der Waals surface area contributed by atoms with E-state index in [1.54, 1.807) is 24.3 Å². The summed E-state index contributed by atoms with van der Waals surface area (Å²) in [4.78, 5) is 30.5. The van der Waals surface area contributed by atoms with Crippen molar-refractivity contribution in [1.82, 2.24) is 9.80 Å². The Morgan fingerprint density at radius 2 is 1.52 bits per heavy atom. The number of carbonyl (C=O) groups excluding carboxylic acids is 2. The molecule has 0 N–H and O–H groups in total. The Morgan fingerprint density at radius 3 is 2.11 bits per heavy atom. The molecule has 1 aliphatic heterocycles. The molecule has 1 saturated heterocycles. The predicted molar refractivity (Wildman–Crippen MR) is 167 cm³/mol. The van der Waals surface area contributed by atoms with Crippen LogP contribution in [0.1, 0.15) is 73.9 Å². The minimum Gasteiger partial charge on any atom is -0.469 e. The summed E-state index contributed by atoms with van der Waals surface area (Å²) in [6, 6.07) is 22.4. The highest BCUT2D eigenvalue weighted by Gasteiger charge is 2.34. The molecule has 5 nitrogen and oxygen atoms in total. The smallest absolute Gasteiger partial charge is 0.416 e. The average Bonchev–Trinajstić information content (AvgIpc) is 3.05. The fourth-order valence-electron chi connectivity index (χ4n) is 6.56. The molecule has 1 amide bonds. The number of benzene rings is 3. The van der Waals surface area contributed by atoms with E-state index in [0.717, 1.165) is 63.9 Å². The molecule has 1 unspecified atom stereocenters. The molecule has 236 valence electrons. The van der Waals surface area contributed by atoms with E-state index in [1.807, 2.05) is 30.0 Å². The van der Waals surface area contributed by atoms with E-state index in [0.29, 0.717) is 29.7 Å². The minimum atomic E-state index is -4.41. The van der Waals surface area contributed by atoms with Gasteiger partial charge in [-0.2, -0.15) is 13.2 Å². The molecule has 0 aromatic heterocycles. The van der Waals surface area contributed by atoms with E-state index in [2.05, 4.69) is 24.0 Å². The van der Waals surface area contributed by atoms with E-state index in [-0.39, 0.29) is 23.3 Å². The lowest BCUT2D eigenvalue weighted by Crippen LogP contribution is -2.47. The SMILES string of the molecule is CCN(C(=O)c1ccccc1-c1ccc(C(F)(F)F)cc1)C1CCN(CCCC(CC)(CC(=O)OC)c2ccccc2)CC1. The molecule has 1 atom stereocenters. The van der Waals surface area contributed by atoms with Crippen LogP contribution in [-0.4, -0.2) is 61.0 Å². The van der Waals surface area contributed by atoms with Crippen LogP contribution < -0.4 is 0 Å². The van der Waals surface area contributed by atoms with Gasteiger partial charge in [-0.15, -0.1) is 0 Å². The van der Waals surface area contributed by atoms with Gasteiger partial charge in [-0.05, 0) is 80.5 Å². The Kier molecular flexibility index (Phi) is 11.2. The number of halogens is 3. The molecular weight excluding hydrogens is 565 g/mol. The van der Waals surface area contributed by atoms with Crippen LogP contribution in [0.4, 0.5) is 13.2 Å². The molecule has 1 heterocycles. The highest BCUT2D eigenvalue weighted by molar-refractivity contribution is 6.01. The zero-order valence-corrected chi connectivity index (χ0v) is 25.9. The van der Waals surface area contributed by atoms with Crippen LogP contribution in [0.2, 0.25) is 0 Å². The Labute approximate surface area is 259 Å². The van der Waals surface area contributed by atoms with Gasteiger partial charge in [0.05, 0.1) is 19.1 Å². The van der Waals surface area contributed by atoms with Gasteiger partial charge in [-0.1, -0.05) is 67.6 Å². The number of hydrogen-bond donors (Lipinski definition) is 0. The summed E-state index contributed by atoms with van der Waals surface area (Å²) in [7, 11) is 1.44. The number of methoxy groups -OCH3 is 1. The fraction of sp³-hybridized carbons (Fsp3) is 0.444. The van der Waals surface area contributed by atoms with E-state index < -0.39 is 11.7 Å². The summed E-state index contributed by atoms with van der Waals surface area (Å²) in [6.45, 7) is 7.31. The van der Waals surface area contributed by atoms with Crippen molar-refractivity contribution in [2.24, 2.45) is 0 Å². The maximum absolute atomic E-state index is 13.8. The first-order valence-electron chi connectivity index (χ1n) is 15.5. The molecule has 0 saturated carbocycles. The first-order chi connectivity index (χ1) is 21.1. The molecule has 0 bridgehead atoms. The van der Waals surface area contributed by atoms with Gasteiger partial charge in [-0.3, -0.25) is 9.59 Å². The second-order valence-corrected chi connectivity index (χ2v) is 11.6. The molecule has 0 spiro atoms. The first-order valence-corrected chi connectivity index (χ1v) is 15.5. The van der Waals surface area contributed by atoms with Crippen molar-refractivity contribution < 1.29 is 27.5 Å². The summed E-state index contributed by atoms with van der Waals surface area (Å²) in [5, 5.41) is 0. The number of ether oxygens (including phenoxy) is 1. The topological polar surface area (TPSA) is 49.9 Å². The number of alkyl halides is 3. The molecule has 44 heavy (non-hydrogen) atoms. The van der Waals surface area contributed by atoms with Gasteiger partial charge in [0.15, 0.2) is 0 Å². The third-order valence-electron chi connectivity index (χ3n) is 9.18. The quantitative estimate of drug-likeness (QED) is 0.196. The van der Waals surface area contributed by atoms with Gasteiger partial charge in [0.1, 0.15) is 0 Å². The van der Waals surface area contributed by atoms with Crippen LogP contribution in [0.5, 0.6) is 0 Å². The average molecular weight is 609 g/mol. The number of amides is 1. The minimum absolute atomic E-state index is 0.0859. The van der Waals surface area contributed by atoms with Crippen molar-refractivity contribution in [3.8, 4) is 11.1 Å². The number of likely N-dealkylation sites (tertiary alicyclic amines) is 1. The Hall–Kier alpha value is -3.65. The summed E-state index contributed by atoms with van der Waals surface area (Å²) in [5.74, 6) is -0.291. The highest BCUT2D eigenvalue weighted by atomic mass is 19.4. The molecule has 4 rings (SSSR count). The maximum Gasteiger partial charge on any atom is 0.416 e. The molecule has 1 fully saturated rings. The third kappa shape index (κ3) is 7.89. The fourth-order valence-corrected chi connectivity index (χ4v) is 6.56. The molecule has 3 aromatic carbocycles. The Bertz CT molecular complexity index is 1370. The van der Waals surface area contributed by atoms with E-state index in [1.165, 1.54) is 24.8 Å². The number of piperidine rings is 1. The van der Waals surface area contributed by atoms with E-state index in [4.69, 9.17) is 4.74 Å². The molecular formula is C36H43F3N2O3. The van der Waals surface area contributed by atoms with Crippen molar-refractivity contribution in [2.45, 2.75) is 70.0 Å². The number of rotatable bonds is 12. The van der Waals surface area contributed by atoms with Crippen LogP contribution in [0.15, 0.2) is 78.9 Å². The second kappa shape index (κ2) is 14.9. The lowest BCUT2D eigenvalue weighted by molar-refractivity contribution is -0.142. The molecule has 0 radical (unpaired) electrons. The Balaban J connectivity index is 1.38. The molecule has 3 aromatic rings. The number of hydrogen-bond acceptors (Lipinski definition) is 4. The summed E-state index contributed by atoms with van der Waals surface area (Å²) in [5.41, 5.74) is 1.90. The second-order valence-electron chi connectivity index (χ2n) is 11.6. The largest absolute Gasteiger partial charge is 0.469 e. The van der Waals surface area contributed by atoms with Crippen LogP contribution in [0.3, 0.4) is 0 Å².